The van der Waals surface area contributed by atoms with Gasteiger partial charge in [-0.2, -0.15) is 0 Å². The van der Waals surface area contributed by atoms with E-state index in [4.69, 9.17) is 9.47 Å². The van der Waals surface area contributed by atoms with E-state index in [1.165, 1.54) is 30.2 Å². The number of esters is 1. The van der Waals surface area contributed by atoms with Crippen LogP contribution in [0.3, 0.4) is 0 Å². The van der Waals surface area contributed by atoms with Crippen molar-refractivity contribution in [2.45, 2.75) is 13.5 Å². The second-order valence-electron chi connectivity index (χ2n) is 6.05. The van der Waals surface area contributed by atoms with E-state index in [-0.39, 0.29) is 18.3 Å². The Hall–Kier alpha value is -3.28. The Labute approximate surface area is 158 Å². The molecule has 6 heteroatoms. The van der Waals surface area contributed by atoms with Gasteiger partial charge < -0.3 is 19.5 Å². The molecular formula is C21H23NO5. The van der Waals surface area contributed by atoms with Crippen molar-refractivity contribution in [2.24, 2.45) is 0 Å². The van der Waals surface area contributed by atoms with Crippen molar-refractivity contribution in [1.29, 1.82) is 0 Å². The highest BCUT2D eigenvalue weighted by Crippen LogP contribution is 2.26. The van der Waals surface area contributed by atoms with Crippen LogP contribution in [-0.2, 0) is 20.9 Å². The minimum Gasteiger partial charge on any atom is -0.504 e. The number of methoxy groups -OCH3 is 1. The first-order valence-electron chi connectivity index (χ1n) is 8.41. The molecule has 27 heavy (non-hydrogen) atoms. The highest BCUT2D eigenvalue weighted by atomic mass is 16.5. The van der Waals surface area contributed by atoms with E-state index in [1.807, 2.05) is 31.2 Å². The minimum atomic E-state index is -0.625. The topological polar surface area (TPSA) is 76.1 Å². The summed E-state index contributed by atoms with van der Waals surface area (Å²) >= 11 is 0. The molecule has 0 aliphatic carbocycles. The van der Waals surface area contributed by atoms with Crippen LogP contribution < -0.4 is 4.74 Å². The number of hydrogen-bond acceptors (Lipinski definition) is 5. The molecule has 0 spiro atoms. The molecule has 0 aliphatic rings. The van der Waals surface area contributed by atoms with Crippen molar-refractivity contribution < 1.29 is 24.2 Å². The molecule has 142 valence electrons. The molecule has 2 aromatic carbocycles. The number of hydrogen-bond donors (Lipinski definition) is 1. The normalized spacial score (nSPS) is 10.6. The number of carbonyl (C=O) groups is 2. The summed E-state index contributed by atoms with van der Waals surface area (Å²) in [5, 5.41) is 9.55. The molecule has 0 saturated heterocycles. The maximum absolute atomic E-state index is 12.1. The minimum absolute atomic E-state index is 0.0134. The lowest BCUT2D eigenvalue weighted by Crippen LogP contribution is -2.30. The van der Waals surface area contributed by atoms with Crippen molar-refractivity contribution in [3.05, 3.63) is 65.2 Å². The van der Waals surface area contributed by atoms with Crippen molar-refractivity contribution in [1.82, 2.24) is 4.90 Å². The van der Waals surface area contributed by atoms with E-state index in [0.717, 1.165) is 11.1 Å². The number of likely N-dealkylation sites (N-methyl/N-ethyl adjacent to an activating group) is 1. The summed E-state index contributed by atoms with van der Waals surface area (Å²) in [6, 6.07) is 12.5. The summed E-state index contributed by atoms with van der Waals surface area (Å²) in [4.78, 5) is 25.5. The van der Waals surface area contributed by atoms with Gasteiger partial charge in [0, 0.05) is 19.7 Å². The van der Waals surface area contributed by atoms with E-state index in [9.17, 15) is 14.7 Å². The number of aromatic hydroxyl groups is 1. The smallest absolute Gasteiger partial charge is 0.331 e. The molecule has 0 heterocycles. The first kappa shape index (κ1) is 20.0. The summed E-state index contributed by atoms with van der Waals surface area (Å²) in [7, 11) is 3.11. The summed E-state index contributed by atoms with van der Waals surface area (Å²) in [5.74, 6) is -0.593. The summed E-state index contributed by atoms with van der Waals surface area (Å²) in [6.07, 6.45) is 2.74. The Morgan fingerprint density at radius 1 is 1.19 bits per heavy atom. The number of benzene rings is 2. The molecule has 0 aromatic heterocycles. The van der Waals surface area contributed by atoms with Gasteiger partial charge in [-0.05, 0) is 41.8 Å². The van der Waals surface area contributed by atoms with Gasteiger partial charge in [0.2, 0.25) is 0 Å². The molecule has 0 atom stereocenters. The third-order valence-electron chi connectivity index (χ3n) is 4.05. The molecule has 0 aliphatic heterocycles. The van der Waals surface area contributed by atoms with Crippen molar-refractivity contribution in [3.8, 4) is 11.5 Å². The molecule has 1 amide bonds. The number of rotatable bonds is 7. The summed E-state index contributed by atoms with van der Waals surface area (Å²) < 4.78 is 10.0. The van der Waals surface area contributed by atoms with E-state index in [2.05, 4.69) is 0 Å². The standard InChI is InChI=1S/C21H23NO5/c1-15-6-4-5-7-17(15)13-22(2)20(24)14-27-21(25)11-9-16-8-10-18(23)19(12-16)26-3/h4-12,23H,13-14H2,1-3H3/b11-9+. The zero-order valence-corrected chi connectivity index (χ0v) is 15.6. The molecule has 0 saturated carbocycles. The third-order valence-corrected chi connectivity index (χ3v) is 4.05. The molecule has 6 nitrogen and oxygen atoms in total. The zero-order valence-electron chi connectivity index (χ0n) is 15.6. The largest absolute Gasteiger partial charge is 0.504 e. The van der Waals surface area contributed by atoms with Gasteiger partial charge in [-0.1, -0.05) is 30.3 Å². The fourth-order valence-corrected chi connectivity index (χ4v) is 2.38. The lowest BCUT2D eigenvalue weighted by Gasteiger charge is -2.18. The molecule has 0 fully saturated rings. The van der Waals surface area contributed by atoms with Crippen LogP contribution in [0.4, 0.5) is 0 Å². The average molecular weight is 369 g/mol. The number of carbonyl (C=O) groups excluding carboxylic acids is 2. The van der Waals surface area contributed by atoms with Crippen LogP contribution in [0, 0.1) is 6.92 Å². The van der Waals surface area contributed by atoms with Gasteiger partial charge in [0.15, 0.2) is 18.1 Å². The number of nitrogens with zero attached hydrogens (tertiary/aromatic N) is 1. The van der Waals surface area contributed by atoms with Crippen LogP contribution in [0.1, 0.15) is 16.7 Å². The molecule has 0 unspecified atom stereocenters. The second kappa shape index (κ2) is 9.43. The number of aryl methyl sites for hydroxylation is 1. The number of phenols is 1. The Morgan fingerprint density at radius 2 is 1.93 bits per heavy atom. The fourth-order valence-electron chi connectivity index (χ4n) is 2.38. The Kier molecular flexibility index (Phi) is 7.00. The molecule has 0 bridgehead atoms. The number of amides is 1. The van der Waals surface area contributed by atoms with Crippen LogP contribution in [0.2, 0.25) is 0 Å². The van der Waals surface area contributed by atoms with Gasteiger partial charge in [-0.25, -0.2) is 4.79 Å². The molecule has 2 aromatic rings. The highest BCUT2D eigenvalue weighted by molar-refractivity contribution is 5.89. The molecule has 2 rings (SSSR count). The van der Waals surface area contributed by atoms with Crippen molar-refractivity contribution in [3.63, 3.8) is 0 Å². The van der Waals surface area contributed by atoms with Crippen molar-refractivity contribution >= 4 is 18.0 Å². The zero-order chi connectivity index (χ0) is 19.8. The fraction of sp³-hybridized carbons (Fsp3) is 0.238. The quantitative estimate of drug-likeness (QED) is 0.600. The van der Waals surface area contributed by atoms with E-state index in [1.54, 1.807) is 19.2 Å². The predicted octanol–water partition coefficient (Wildman–Crippen LogP) is 2.92. The summed E-state index contributed by atoms with van der Waals surface area (Å²) in [6.45, 7) is 2.10. The Balaban J connectivity index is 1.85. The Bertz CT molecular complexity index is 844. The van der Waals surface area contributed by atoms with Crippen LogP contribution >= 0.6 is 0 Å². The van der Waals surface area contributed by atoms with Gasteiger partial charge >= 0.3 is 5.97 Å². The van der Waals surface area contributed by atoms with E-state index < -0.39 is 5.97 Å². The lowest BCUT2D eigenvalue weighted by molar-refractivity contribution is -0.147. The molecular weight excluding hydrogens is 346 g/mol. The maximum Gasteiger partial charge on any atom is 0.331 e. The maximum atomic E-state index is 12.1. The predicted molar refractivity (Wildman–Crippen MR) is 102 cm³/mol. The Morgan fingerprint density at radius 3 is 2.63 bits per heavy atom. The van der Waals surface area contributed by atoms with Gasteiger partial charge in [0.05, 0.1) is 7.11 Å². The second-order valence-corrected chi connectivity index (χ2v) is 6.05. The van der Waals surface area contributed by atoms with Crippen LogP contribution in [0.5, 0.6) is 11.5 Å². The monoisotopic (exact) mass is 369 g/mol. The molecule has 0 radical (unpaired) electrons. The SMILES string of the molecule is COc1cc(/C=C/C(=O)OCC(=O)N(C)Cc2ccccc2C)ccc1O. The van der Waals surface area contributed by atoms with Gasteiger partial charge in [0.25, 0.3) is 5.91 Å². The highest BCUT2D eigenvalue weighted by Gasteiger charge is 2.12. The van der Waals surface area contributed by atoms with Gasteiger partial charge in [-0.15, -0.1) is 0 Å². The number of phenolic OH excluding ortho intramolecular Hbond substituents is 1. The number of ether oxygens (including phenoxy) is 2. The third kappa shape index (κ3) is 5.88. The molecule has 1 N–H and O–H groups in total. The summed E-state index contributed by atoms with van der Waals surface area (Å²) in [5.41, 5.74) is 2.80. The van der Waals surface area contributed by atoms with Crippen molar-refractivity contribution in [2.75, 3.05) is 20.8 Å². The first-order chi connectivity index (χ1) is 12.9. The first-order valence-corrected chi connectivity index (χ1v) is 8.41. The van der Waals surface area contributed by atoms with E-state index in [0.29, 0.717) is 17.9 Å². The van der Waals surface area contributed by atoms with Crippen LogP contribution in [0.15, 0.2) is 48.5 Å². The van der Waals surface area contributed by atoms with Gasteiger partial charge in [-0.3, -0.25) is 4.79 Å². The van der Waals surface area contributed by atoms with E-state index >= 15 is 0 Å². The van der Waals surface area contributed by atoms with Crippen LogP contribution in [0.25, 0.3) is 6.08 Å². The van der Waals surface area contributed by atoms with Crippen LogP contribution in [-0.4, -0.2) is 42.6 Å². The lowest BCUT2D eigenvalue weighted by atomic mass is 10.1. The van der Waals surface area contributed by atoms with Gasteiger partial charge in [0.1, 0.15) is 0 Å². The average Bonchev–Trinajstić information content (AvgIpc) is 2.67.